The van der Waals surface area contributed by atoms with Gasteiger partial charge in [-0.05, 0) is 25.9 Å². The number of ether oxygens (including phenoxy) is 1. The molecule has 0 aromatic heterocycles. The highest BCUT2D eigenvalue weighted by Crippen LogP contribution is 2.22. The van der Waals surface area contributed by atoms with Crippen molar-refractivity contribution in [2.45, 2.75) is 18.4 Å². The molecule has 0 aliphatic carbocycles. The zero-order chi connectivity index (χ0) is 9.57. The first-order valence-electron chi connectivity index (χ1n) is 4.77. The Bertz CT molecular complexity index is 138. The number of methoxy groups -OCH3 is 1. The number of nitrogens with one attached hydrogen (secondary N) is 1. The molecule has 1 fully saturated rings. The van der Waals surface area contributed by atoms with Gasteiger partial charge in [-0.3, -0.25) is 0 Å². The standard InChI is InChI=1S/C9H19NO2S/c1-12-6-7-13-8-9(11)2-4-10-5-3-9/h10-11H,2-8H2,1H3. The van der Waals surface area contributed by atoms with Crippen LogP contribution in [0.2, 0.25) is 0 Å². The molecular weight excluding hydrogens is 186 g/mol. The monoisotopic (exact) mass is 205 g/mol. The van der Waals surface area contributed by atoms with Crippen LogP contribution in [-0.4, -0.2) is 49.0 Å². The Labute approximate surface area is 84.2 Å². The van der Waals surface area contributed by atoms with Crippen LogP contribution in [0.5, 0.6) is 0 Å². The number of thioether (sulfide) groups is 1. The van der Waals surface area contributed by atoms with Gasteiger partial charge < -0.3 is 15.2 Å². The van der Waals surface area contributed by atoms with Crippen LogP contribution >= 0.6 is 11.8 Å². The Morgan fingerprint density at radius 2 is 2.15 bits per heavy atom. The van der Waals surface area contributed by atoms with Crippen LogP contribution in [-0.2, 0) is 4.74 Å². The van der Waals surface area contributed by atoms with Gasteiger partial charge in [0.05, 0.1) is 12.2 Å². The van der Waals surface area contributed by atoms with Crippen molar-refractivity contribution in [2.24, 2.45) is 0 Å². The van der Waals surface area contributed by atoms with E-state index < -0.39 is 5.60 Å². The summed E-state index contributed by atoms with van der Waals surface area (Å²) in [5, 5.41) is 13.3. The van der Waals surface area contributed by atoms with Crippen molar-refractivity contribution in [2.75, 3.05) is 38.3 Å². The minimum Gasteiger partial charge on any atom is -0.389 e. The van der Waals surface area contributed by atoms with E-state index in [1.807, 2.05) is 0 Å². The summed E-state index contributed by atoms with van der Waals surface area (Å²) in [6.07, 6.45) is 1.76. The van der Waals surface area contributed by atoms with Crippen LogP contribution < -0.4 is 5.32 Å². The van der Waals surface area contributed by atoms with Crippen molar-refractivity contribution in [3.63, 3.8) is 0 Å². The van der Waals surface area contributed by atoms with Gasteiger partial charge in [-0.15, -0.1) is 0 Å². The van der Waals surface area contributed by atoms with E-state index in [-0.39, 0.29) is 0 Å². The lowest BCUT2D eigenvalue weighted by atomic mass is 9.95. The molecule has 1 rings (SSSR count). The Kier molecular flexibility index (Phi) is 5.09. The molecule has 0 spiro atoms. The largest absolute Gasteiger partial charge is 0.389 e. The molecule has 0 atom stereocenters. The predicted octanol–water partition coefficient (Wildman–Crippen LogP) is 0.480. The second-order valence-corrected chi connectivity index (χ2v) is 4.62. The Morgan fingerprint density at radius 1 is 1.46 bits per heavy atom. The van der Waals surface area contributed by atoms with Crippen molar-refractivity contribution in [3.05, 3.63) is 0 Å². The Balaban J connectivity index is 2.10. The number of rotatable bonds is 5. The van der Waals surface area contributed by atoms with E-state index in [4.69, 9.17) is 4.74 Å². The van der Waals surface area contributed by atoms with Crippen LogP contribution in [0.4, 0.5) is 0 Å². The lowest BCUT2D eigenvalue weighted by Crippen LogP contribution is -2.43. The maximum Gasteiger partial charge on any atom is 0.0761 e. The summed E-state index contributed by atoms with van der Waals surface area (Å²) in [4.78, 5) is 0. The van der Waals surface area contributed by atoms with E-state index >= 15 is 0 Å². The van der Waals surface area contributed by atoms with E-state index in [0.29, 0.717) is 0 Å². The fourth-order valence-electron chi connectivity index (χ4n) is 1.44. The third-order valence-corrected chi connectivity index (χ3v) is 3.53. The molecule has 0 unspecified atom stereocenters. The van der Waals surface area contributed by atoms with Crippen molar-refractivity contribution in [1.29, 1.82) is 0 Å². The molecule has 0 radical (unpaired) electrons. The molecule has 2 N–H and O–H groups in total. The maximum atomic E-state index is 10.1. The number of aliphatic hydroxyl groups is 1. The van der Waals surface area contributed by atoms with Crippen molar-refractivity contribution < 1.29 is 9.84 Å². The van der Waals surface area contributed by atoms with Gasteiger partial charge in [0.2, 0.25) is 0 Å². The molecule has 1 aliphatic rings. The Hall–Kier alpha value is 0.230. The van der Waals surface area contributed by atoms with Crippen molar-refractivity contribution in [3.8, 4) is 0 Å². The molecule has 4 heteroatoms. The van der Waals surface area contributed by atoms with E-state index in [1.165, 1.54) is 0 Å². The fourth-order valence-corrected chi connectivity index (χ4v) is 2.54. The first-order valence-corrected chi connectivity index (χ1v) is 5.92. The summed E-state index contributed by atoms with van der Waals surface area (Å²) in [6, 6.07) is 0. The molecule has 0 amide bonds. The second kappa shape index (κ2) is 5.86. The molecule has 1 saturated heterocycles. The minimum atomic E-state index is -0.427. The van der Waals surface area contributed by atoms with Gasteiger partial charge >= 0.3 is 0 Å². The third-order valence-electron chi connectivity index (χ3n) is 2.34. The quantitative estimate of drug-likeness (QED) is 0.641. The average Bonchev–Trinajstić information content (AvgIpc) is 2.14. The summed E-state index contributed by atoms with van der Waals surface area (Å²) in [6.45, 7) is 2.67. The number of hydrogen-bond donors (Lipinski definition) is 2. The molecule has 0 aromatic rings. The van der Waals surface area contributed by atoms with Gasteiger partial charge in [-0.2, -0.15) is 11.8 Å². The molecule has 1 heterocycles. The van der Waals surface area contributed by atoms with E-state index in [1.54, 1.807) is 18.9 Å². The highest BCUT2D eigenvalue weighted by Gasteiger charge is 2.28. The van der Waals surface area contributed by atoms with Crippen LogP contribution in [0.3, 0.4) is 0 Å². The van der Waals surface area contributed by atoms with Crippen LogP contribution in [0.25, 0.3) is 0 Å². The molecule has 13 heavy (non-hydrogen) atoms. The van der Waals surface area contributed by atoms with Crippen LogP contribution in [0, 0.1) is 0 Å². The zero-order valence-corrected chi connectivity index (χ0v) is 9.03. The molecule has 3 nitrogen and oxygen atoms in total. The van der Waals surface area contributed by atoms with E-state index in [0.717, 1.165) is 44.0 Å². The molecule has 1 aliphatic heterocycles. The fraction of sp³-hybridized carbons (Fsp3) is 1.00. The van der Waals surface area contributed by atoms with Gasteiger partial charge in [0.25, 0.3) is 0 Å². The summed E-state index contributed by atoms with van der Waals surface area (Å²) < 4.78 is 4.95. The molecule has 0 aromatic carbocycles. The lowest BCUT2D eigenvalue weighted by molar-refractivity contribution is 0.0339. The summed E-state index contributed by atoms with van der Waals surface area (Å²) in [7, 11) is 1.71. The second-order valence-electron chi connectivity index (χ2n) is 3.52. The number of piperidine rings is 1. The number of hydrogen-bond acceptors (Lipinski definition) is 4. The summed E-state index contributed by atoms with van der Waals surface area (Å²) >= 11 is 1.78. The summed E-state index contributed by atoms with van der Waals surface area (Å²) in [5.41, 5.74) is -0.427. The highest BCUT2D eigenvalue weighted by atomic mass is 32.2. The topological polar surface area (TPSA) is 41.5 Å². The average molecular weight is 205 g/mol. The van der Waals surface area contributed by atoms with Gasteiger partial charge in [0, 0.05) is 18.6 Å². The van der Waals surface area contributed by atoms with Gasteiger partial charge in [0.15, 0.2) is 0 Å². The van der Waals surface area contributed by atoms with Crippen molar-refractivity contribution >= 4 is 11.8 Å². The SMILES string of the molecule is COCCSCC1(O)CCNCC1. The molecule has 0 bridgehead atoms. The first kappa shape index (κ1) is 11.3. The first-order chi connectivity index (χ1) is 6.27. The lowest BCUT2D eigenvalue weighted by Gasteiger charge is -2.32. The van der Waals surface area contributed by atoms with E-state index in [9.17, 15) is 5.11 Å². The van der Waals surface area contributed by atoms with E-state index in [2.05, 4.69) is 5.32 Å². The third kappa shape index (κ3) is 4.31. The van der Waals surface area contributed by atoms with Crippen LogP contribution in [0.15, 0.2) is 0 Å². The van der Waals surface area contributed by atoms with Gasteiger partial charge in [-0.1, -0.05) is 0 Å². The van der Waals surface area contributed by atoms with Crippen molar-refractivity contribution in [1.82, 2.24) is 5.32 Å². The smallest absolute Gasteiger partial charge is 0.0761 e. The molecular formula is C9H19NO2S. The van der Waals surface area contributed by atoms with Gasteiger partial charge in [-0.25, -0.2) is 0 Å². The molecule has 78 valence electrons. The maximum absolute atomic E-state index is 10.1. The Morgan fingerprint density at radius 3 is 2.77 bits per heavy atom. The minimum absolute atomic E-state index is 0.427. The van der Waals surface area contributed by atoms with Gasteiger partial charge in [0.1, 0.15) is 0 Å². The highest BCUT2D eigenvalue weighted by molar-refractivity contribution is 7.99. The molecule has 0 saturated carbocycles. The predicted molar refractivity (Wildman–Crippen MR) is 56.3 cm³/mol. The summed E-state index contributed by atoms with van der Waals surface area (Å²) in [5.74, 6) is 1.82. The normalized spacial score (nSPS) is 21.7. The zero-order valence-electron chi connectivity index (χ0n) is 8.21. The van der Waals surface area contributed by atoms with Crippen LogP contribution in [0.1, 0.15) is 12.8 Å².